The summed E-state index contributed by atoms with van der Waals surface area (Å²) in [4.78, 5) is 18.3. The zero-order chi connectivity index (χ0) is 19.4. The third kappa shape index (κ3) is 4.42. The third-order valence-electron chi connectivity index (χ3n) is 4.56. The largest absolute Gasteiger partial charge is 0.370 e. The smallest absolute Gasteiger partial charge is 0.290 e. The van der Waals surface area contributed by atoms with Crippen LogP contribution in [0.15, 0.2) is 42.6 Å². The minimum atomic E-state index is -0.260. The summed E-state index contributed by atoms with van der Waals surface area (Å²) in [6, 6.07) is 10.1. The molecule has 1 fully saturated rings. The average molecular weight is 369 g/mol. The molecule has 0 spiro atoms. The second-order valence-corrected chi connectivity index (χ2v) is 6.80. The first-order chi connectivity index (χ1) is 13.0. The minimum Gasteiger partial charge on any atom is -0.370 e. The molecule has 1 N–H and O–H groups in total. The fourth-order valence-electron chi connectivity index (χ4n) is 3.10. The van der Waals surface area contributed by atoms with Gasteiger partial charge in [0.2, 0.25) is 5.82 Å². The van der Waals surface area contributed by atoms with Gasteiger partial charge < -0.3 is 10.2 Å². The lowest BCUT2D eigenvalue weighted by Crippen LogP contribution is -2.20. The van der Waals surface area contributed by atoms with Crippen LogP contribution in [0, 0.1) is 18.7 Å². The predicted octanol–water partition coefficient (Wildman–Crippen LogP) is 3.07. The lowest BCUT2D eigenvalue weighted by Gasteiger charge is -2.18. The van der Waals surface area contributed by atoms with Crippen molar-refractivity contribution in [1.29, 1.82) is 0 Å². The van der Waals surface area contributed by atoms with Gasteiger partial charge in [-0.3, -0.25) is 4.79 Å². The van der Waals surface area contributed by atoms with E-state index in [1.54, 1.807) is 29.8 Å². The molecular weight excluding hydrogens is 345 g/mol. The van der Waals surface area contributed by atoms with E-state index in [1.807, 2.05) is 13.1 Å². The Hall–Kier alpha value is -2.96. The van der Waals surface area contributed by atoms with Crippen LogP contribution in [-0.4, -0.2) is 40.6 Å². The topological polar surface area (TPSA) is 62.5 Å². The SMILES string of the molecule is CNC(=O)c1nc2c(C)cc(N3CCC(C)C3)cn2n1.Fc1ccccc1. The molecule has 0 saturated carbocycles. The lowest BCUT2D eigenvalue weighted by molar-refractivity contribution is 0.0953. The number of nitrogens with zero attached hydrogens (tertiary/aromatic N) is 4. The Morgan fingerprint density at radius 1 is 1.30 bits per heavy atom. The molecule has 1 amide bonds. The van der Waals surface area contributed by atoms with Crippen molar-refractivity contribution in [3.63, 3.8) is 0 Å². The van der Waals surface area contributed by atoms with Gasteiger partial charge in [-0.25, -0.2) is 13.9 Å². The van der Waals surface area contributed by atoms with Crippen LogP contribution in [0.25, 0.3) is 5.65 Å². The highest BCUT2D eigenvalue weighted by atomic mass is 19.1. The normalized spacial score (nSPS) is 16.1. The second-order valence-electron chi connectivity index (χ2n) is 6.80. The molecule has 0 radical (unpaired) electrons. The molecule has 1 saturated heterocycles. The van der Waals surface area contributed by atoms with E-state index in [2.05, 4.69) is 33.3 Å². The molecule has 1 aliphatic rings. The van der Waals surface area contributed by atoms with Crippen molar-refractivity contribution < 1.29 is 9.18 Å². The Morgan fingerprint density at radius 3 is 2.59 bits per heavy atom. The molecule has 1 aromatic carbocycles. The van der Waals surface area contributed by atoms with Crippen molar-refractivity contribution in [2.24, 2.45) is 5.92 Å². The summed E-state index contributed by atoms with van der Waals surface area (Å²) < 4.78 is 13.6. The Bertz CT molecular complexity index is 925. The van der Waals surface area contributed by atoms with Gasteiger partial charge in [-0.1, -0.05) is 25.1 Å². The summed E-state index contributed by atoms with van der Waals surface area (Å²) in [6.07, 6.45) is 3.18. The van der Waals surface area contributed by atoms with Crippen molar-refractivity contribution in [3.05, 3.63) is 59.8 Å². The number of aromatic nitrogens is 3. The number of fused-ring (bicyclic) bond motifs is 1. The Labute approximate surface area is 158 Å². The number of anilines is 1. The van der Waals surface area contributed by atoms with E-state index in [0.717, 1.165) is 35.9 Å². The first kappa shape index (κ1) is 18.8. The first-order valence-electron chi connectivity index (χ1n) is 9.02. The summed E-state index contributed by atoms with van der Waals surface area (Å²) in [7, 11) is 1.58. The van der Waals surface area contributed by atoms with Crippen LogP contribution in [0.2, 0.25) is 0 Å². The van der Waals surface area contributed by atoms with E-state index in [0.29, 0.717) is 0 Å². The predicted molar refractivity (Wildman–Crippen MR) is 104 cm³/mol. The highest BCUT2D eigenvalue weighted by Gasteiger charge is 2.21. The number of carbonyl (C=O) groups excluding carboxylic acids is 1. The fourth-order valence-corrected chi connectivity index (χ4v) is 3.10. The van der Waals surface area contributed by atoms with Crippen molar-refractivity contribution in [2.45, 2.75) is 20.3 Å². The Morgan fingerprint density at radius 2 is 2.04 bits per heavy atom. The van der Waals surface area contributed by atoms with Gasteiger partial charge in [0.05, 0.1) is 11.9 Å². The van der Waals surface area contributed by atoms with Crippen molar-refractivity contribution in [2.75, 3.05) is 25.0 Å². The van der Waals surface area contributed by atoms with Crippen molar-refractivity contribution in [3.8, 4) is 0 Å². The molecule has 6 nitrogen and oxygen atoms in total. The summed E-state index contributed by atoms with van der Waals surface area (Å²) in [6.45, 7) is 6.41. The van der Waals surface area contributed by atoms with E-state index in [9.17, 15) is 9.18 Å². The molecule has 7 heteroatoms. The molecule has 0 aliphatic carbocycles. The van der Waals surface area contributed by atoms with Gasteiger partial charge in [0.15, 0.2) is 5.65 Å². The second kappa shape index (κ2) is 8.16. The minimum absolute atomic E-state index is 0.178. The Balaban J connectivity index is 0.000000253. The van der Waals surface area contributed by atoms with E-state index in [1.165, 1.54) is 18.6 Å². The number of nitrogens with one attached hydrogen (secondary N) is 1. The van der Waals surface area contributed by atoms with Crippen molar-refractivity contribution in [1.82, 2.24) is 19.9 Å². The number of rotatable bonds is 2. The van der Waals surface area contributed by atoms with Crippen LogP contribution >= 0.6 is 0 Å². The van der Waals surface area contributed by atoms with Crippen LogP contribution in [-0.2, 0) is 0 Å². The standard InChI is InChI=1S/C14H19N5O.C6H5F/c1-9-4-5-18(7-9)11-6-10(2)13-16-12(14(20)15-3)17-19(13)8-11;7-6-4-2-1-3-5-6/h6,8-9H,4-5,7H2,1-3H3,(H,15,20);1-5H. The molecule has 1 atom stereocenters. The number of hydrogen-bond donors (Lipinski definition) is 1. The number of hydrogen-bond acceptors (Lipinski definition) is 4. The van der Waals surface area contributed by atoms with Crippen LogP contribution < -0.4 is 10.2 Å². The maximum Gasteiger partial charge on any atom is 0.290 e. The summed E-state index contributed by atoms with van der Waals surface area (Å²) >= 11 is 0. The van der Waals surface area contributed by atoms with Gasteiger partial charge in [0.1, 0.15) is 5.82 Å². The first-order valence-corrected chi connectivity index (χ1v) is 9.02. The maximum atomic E-state index is 11.9. The maximum absolute atomic E-state index is 11.9. The summed E-state index contributed by atoms with van der Waals surface area (Å²) in [5.41, 5.74) is 2.91. The van der Waals surface area contributed by atoms with E-state index in [4.69, 9.17) is 0 Å². The molecule has 1 aliphatic heterocycles. The molecular formula is C20H24FN5O. The molecule has 3 aromatic rings. The van der Waals surface area contributed by atoms with Gasteiger partial charge >= 0.3 is 0 Å². The summed E-state index contributed by atoms with van der Waals surface area (Å²) in [5, 5.41) is 6.81. The molecule has 27 heavy (non-hydrogen) atoms. The van der Waals surface area contributed by atoms with E-state index >= 15 is 0 Å². The van der Waals surface area contributed by atoms with Crippen LogP contribution in [0.4, 0.5) is 10.1 Å². The van der Waals surface area contributed by atoms with Gasteiger partial charge in [-0.05, 0) is 43.0 Å². The fraction of sp³-hybridized carbons (Fsp3) is 0.350. The van der Waals surface area contributed by atoms with Gasteiger partial charge in [0.25, 0.3) is 5.91 Å². The number of halogens is 1. The molecule has 142 valence electrons. The number of pyridine rings is 1. The zero-order valence-corrected chi connectivity index (χ0v) is 15.8. The van der Waals surface area contributed by atoms with Crippen LogP contribution in [0.1, 0.15) is 29.5 Å². The lowest BCUT2D eigenvalue weighted by atomic mass is 10.2. The summed E-state index contributed by atoms with van der Waals surface area (Å²) in [5.74, 6) is 0.498. The van der Waals surface area contributed by atoms with Crippen LogP contribution in [0.5, 0.6) is 0 Å². The molecule has 2 aromatic heterocycles. The molecule has 1 unspecified atom stereocenters. The zero-order valence-electron chi connectivity index (χ0n) is 15.8. The molecule has 0 bridgehead atoms. The molecule has 3 heterocycles. The van der Waals surface area contributed by atoms with Gasteiger partial charge in [0, 0.05) is 20.1 Å². The van der Waals surface area contributed by atoms with Gasteiger partial charge in [-0.15, -0.1) is 5.10 Å². The third-order valence-corrected chi connectivity index (χ3v) is 4.56. The average Bonchev–Trinajstić information content (AvgIpc) is 3.29. The Kier molecular flexibility index (Phi) is 5.69. The van der Waals surface area contributed by atoms with E-state index in [-0.39, 0.29) is 17.5 Å². The molecule has 4 rings (SSSR count). The number of aryl methyl sites for hydroxylation is 1. The monoisotopic (exact) mass is 369 g/mol. The van der Waals surface area contributed by atoms with E-state index < -0.39 is 0 Å². The quantitative estimate of drug-likeness (QED) is 0.754. The van der Waals surface area contributed by atoms with Crippen LogP contribution in [0.3, 0.4) is 0 Å². The number of benzene rings is 1. The number of amides is 1. The van der Waals surface area contributed by atoms with Gasteiger partial charge in [-0.2, -0.15) is 0 Å². The highest BCUT2D eigenvalue weighted by molar-refractivity contribution is 5.90. The number of carbonyl (C=O) groups is 1. The highest BCUT2D eigenvalue weighted by Crippen LogP contribution is 2.25. The van der Waals surface area contributed by atoms with Crippen molar-refractivity contribution >= 4 is 17.2 Å².